The lowest BCUT2D eigenvalue weighted by atomic mass is 10.1. The number of aromatic nitrogens is 3. The molecule has 0 bridgehead atoms. The number of amides is 2. The number of anilines is 2. The Morgan fingerprint density at radius 3 is 2.78 bits per heavy atom. The van der Waals surface area contributed by atoms with Gasteiger partial charge in [0.15, 0.2) is 0 Å². The van der Waals surface area contributed by atoms with Crippen LogP contribution in [0.4, 0.5) is 16.2 Å². The monoisotopic (exact) mass is 500 g/mol. The number of carbonyl (C=O) groups excluding carboxylic acids is 2. The first-order valence-corrected chi connectivity index (χ1v) is 11.1. The fourth-order valence-corrected chi connectivity index (χ4v) is 4.17. The van der Waals surface area contributed by atoms with Crippen LogP contribution in [0.2, 0.25) is 0 Å². The van der Waals surface area contributed by atoms with E-state index in [9.17, 15) is 9.59 Å². The van der Waals surface area contributed by atoms with E-state index in [1.165, 1.54) is 6.20 Å². The topological polar surface area (TPSA) is 112 Å². The highest BCUT2D eigenvalue weighted by atomic mass is 79.9. The normalized spacial score (nSPS) is 16.2. The molecule has 10 heteroatoms. The average molecular weight is 501 g/mol. The van der Waals surface area contributed by atoms with Gasteiger partial charge >= 0.3 is 6.09 Å². The Labute approximate surface area is 194 Å². The van der Waals surface area contributed by atoms with Gasteiger partial charge in [-0.05, 0) is 61.8 Å². The molecule has 0 spiro atoms. The van der Waals surface area contributed by atoms with Gasteiger partial charge < -0.3 is 20.4 Å². The van der Waals surface area contributed by atoms with Crippen molar-refractivity contribution in [3.63, 3.8) is 0 Å². The molecule has 0 radical (unpaired) electrons. The molecule has 3 aromatic heterocycles. The fraction of sp³-hybridized carbons (Fsp3) is 0.364. The first-order chi connectivity index (χ1) is 15.2. The molecule has 1 aliphatic heterocycles. The summed E-state index contributed by atoms with van der Waals surface area (Å²) >= 11 is 3.57. The standard InChI is InChI=1S/C22H25BrN6O3/c1-22(2,3)32-21(31)29(14-6-8-25-10-14)18-15(23)11-26-19-17(18)16(12-27-19)28-20(30)13-5-4-7-24-9-13/h4-5,7,9,11-12,14,25H,6,8,10H2,1-3H3,(H,26,27)(H,28,30)/t14-/m1/s1. The Kier molecular flexibility index (Phi) is 6.16. The Bertz CT molecular complexity index is 1140. The minimum atomic E-state index is -0.657. The summed E-state index contributed by atoms with van der Waals surface area (Å²) in [5.41, 5.74) is 1.42. The van der Waals surface area contributed by atoms with Crippen molar-refractivity contribution in [3.05, 3.63) is 47.0 Å². The highest BCUT2D eigenvalue weighted by Crippen LogP contribution is 2.40. The van der Waals surface area contributed by atoms with Gasteiger partial charge in [-0.3, -0.25) is 14.7 Å². The van der Waals surface area contributed by atoms with Crippen molar-refractivity contribution < 1.29 is 14.3 Å². The molecule has 9 nitrogen and oxygen atoms in total. The van der Waals surface area contributed by atoms with E-state index in [0.29, 0.717) is 39.0 Å². The van der Waals surface area contributed by atoms with Crippen LogP contribution in [-0.2, 0) is 4.74 Å². The molecule has 0 aliphatic carbocycles. The van der Waals surface area contributed by atoms with Crippen molar-refractivity contribution in [3.8, 4) is 0 Å². The molecule has 0 unspecified atom stereocenters. The third-order valence-corrected chi connectivity index (χ3v) is 5.61. The third kappa shape index (κ3) is 4.61. The summed E-state index contributed by atoms with van der Waals surface area (Å²) in [5.74, 6) is -0.309. The first-order valence-electron chi connectivity index (χ1n) is 10.3. The van der Waals surface area contributed by atoms with E-state index < -0.39 is 11.7 Å². The van der Waals surface area contributed by atoms with Crippen LogP contribution in [-0.4, -0.2) is 51.7 Å². The summed E-state index contributed by atoms with van der Waals surface area (Å²) in [4.78, 5) is 39.3. The van der Waals surface area contributed by atoms with E-state index >= 15 is 0 Å². The molecule has 3 N–H and O–H groups in total. The lowest BCUT2D eigenvalue weighted by molar-refractivity contribution is 0.0568. The van der Waals surface area contributed by atoms with Gasteiger partial charge in [-0.2, -0.15) is 0 Å². The molecule has 0 aromatic carbocycles. The van der Waals surface area contributed by atoms with E-state index in [0.717, 1.165) is 13.0 Å². The van der Waals surface area contributed by atoms with Crippen molar-refractivity contribution in [1.82, 2.24) is 20.3 Å². The molecule has 1 aliphatic rings. The fourth-order valence-electron chi connectivity index (χ4n) is 3.68. The molecule has 2 amide bonds. The summed E-state index contributed by atoms with van der Waals surface area (Å²) < 4.78 is 6.37. The van der Waals surface area contributed by atoms with E-state index in [1.54, 1.807) is 35.6 Å². The van der Waals surface area contributed by atoms with Gasteiger partial charge in [0.2, 0.25) is 0 Å². The highest BCUT2D eigenvalue weighted by molar-refractivity contribution is 9.10. The quantitative estimate of drug-likeness (QED) is 0.497. The Balaban J connectivity index is 1.80. The number of nitrogens with one attached hydrogen (secondary N) is 3. The molecule has 1 fully saturated rings. The number of hydrogen-bond acceptors (Lipinski definition) is 6. The van der Waals surface area contributed by atoms with Crippen molar-refractivity contribution in [2.45, 2.75) is 38.8 Å². The van der Waals surface area contributed by atoms with Gasteiger partial charge in [-0.1, -0.05) is 0 Å². The van der Waals surface area contributed by atoms with Crippen LogP contribution in [0.3, 0.4) is 0 Å². The number of pyridine rings is 2. The highest BCUT2D eigenvalue weighted by Gasteiger charge is 2.35. The number of hydrogen-bond donors (Lipinski definition) is 3. The van der Waals surface area contributed by atoms with E-state index in [-0.39, 0.29) is 11.9 Å². The number of fused-ring (bicyclic) bond motifs is 1. The second-order valence-corrected chi connectivity index (χ2v) is 9.43. The summed E-state index contributed by atoms with van der Waals surface area (Å²) in [7, 11) is 0. The van der Waals surface area contributed by atoms with Gasteiger partial charge in [0, 0.05) is 31.3 Å². The number of halogens is 1. The summed E-state index contributed by atoms with van der Waals surface area (Å²) in [5, 5.41) is 6.84. The van der Waals surface area contributed by atoms with Crippen molar-refractivity contribution in [2.75, 3.05) is 23.3 Å². The number of ether oxygens (including phenoxy) is 1. The number of H-pyrrole nitrogens is 1. The molecule has 4 heterocycles. The lowest BCUT2D eigenvalue weighted by Crippen LogP contribution is -2.45. The molecular weight excluding hydrogens is 476 g/mol. The zero-order valence-corrected chi connectivity index (χ0v) is 19.7. The molecule has 1 saturated heterocycles. The van der Waals surface area contributed by atoms with Crippen molar-refractivity contribution in [1.29, 1.82) is 0 Å². The van der Waals surface area contributed by atoms with Crippen LogP contribution < -0.4 is 15.5 Å². The maximum absolute atomic E-state index is 13.3. The Morgan fingerprint density at radius 1 is 1.31 bits per heavy atom. The number of aromatic amines is 1. The van der Waals surface area contributed by atoms with E-state index in [2.05, 4.69) is 41.5 Å². The van der Waals surface area contributed by atoms with Crippen molar-refractivity contribution in [2.24, 2.45) is 0 Å². The van der Waals surface area contributed by atoms with Crippen LogP contribution in [0.1, 0.15) is 37.6 Å². The average Bonchev–Trinajstić information content (AvgIpc) is 3.40. The SMILES string of the molecule is CC(C)(C)OC(=O)N(c1c(Br)cnc2[nH]cc(NC(=O)c3cccnc3)c12)[C@@H]1CCNC1. The molecule has 168 valence electrons. The minimum Gasteiger partial charge on any atom is -0.443 e. The van der Waals surface area contributed by atoms with E-state index in [1.807, 2.05) is 20.8 Å². The Morgan fingerprint density at radius 2 is 2.12 bits per heavy atom. The number of nitrogens with zero attached hydrogens (tertiary/aromatic N) is 3. The Hall–Kier alpha value is -2.98. The van der Waals surface area contributed by atoms with Crippen LogP contribution in [0.15, 0.2) is 41.4 Å². The minimum absolute atomic E-state index is 0.108. The summed E-state index contributed by atoms with van der Waals surface area (Å²) in [6, 6.07) is 3.28. The van der Waals surface area contributed by atoms with Crippen LogP contribution >= 0.6 is 15.9 Å². The molecule has 1 atom stereocenters. The van der Waals surface area contributed by atoms with E-state index in [4.69, 9.17) is 4.74 Å². The number of rotatable bonds is 4. The van der Waals surface area contributed by atoms with Gasteiger partial charge in [0.25, 0.3) is 5.91 Å². The second kappa shape index (κ2) is 8.87. The predicted octanol–water partition coefficient (Wildman–Crippen LogP) is 4.08. The van der Waals surface area contributed by atoms with Gasteiger partial charge in [0.05, 0.1) is 32.8 Å². The van der Waals surface area contributed by atoms with Crippen LogP contribution in [0.5, 0.6) is 0 Å². The van der Waals surface area contributed by atoms with Gasteiger partial charge in [-0.15, -0.1) is 0 Å². The van der Waals surface area contributed by atoms with Gasteiger partial charge in [-0.25, -0.2) is 9.78 Å². The maximum Gasteiger partial charge on any atom is 0.415 e. The smallest absolute Gasteiger partial charge is 0.415 e. The largest absolute Gasteiger partial charge is 0.443 e. The molecule has 0 saturated carbocycles. The van der Waals surface area contributed by atoms with Gasteiger partial charge in [0.1, 0.15) is 11.2 Å². The first kappa shape index (κ1) is 22.2. The summed E-state index contributed by atoms with van der Waals surface area (Å²) in [6.07, 6.45) is 6.73. The third-order valence-electron chi connectivity index (χ3n) is 5.03. The maximum atomic E-state index is 13.3. The lowest BCUT2D eigenvalue weighted by Gasteiger charge is -2.32. The van der Waals surface area contributed by atoms with Crippen molar-refractivity contribution >= 4 is 50.3 Å². The van der Waals surface area contributed by atoms with Crippen LogP contribution in [0, 0.1) is 0 Å². The number of carbonyl (C=O) groups is 2. The zero-order valence-electron chi connectivity index (χ0n) is 18.1. The molecular formula is C22H25BrN6O3. The summed E-state index contributed by atoms with van der Waals surface area (Å²) in [6.45, 7) is 6.94. The molecule has 3 aromatic rings. The predicted molar refractivity (Wildman–Crippen MR) is 126 cm³/mol. The molecule has 32 heavy (non-hydrogen) atoms. The van der Waals surface area contributed by atoms with Crippen LogP contribution in [0.25, 0.3) is 11.0 Å². The zero-order chi connectivity index (χ0) is 22.9. The second-order valence-electron chi connectivity index (χ2n) is 8.57. The molecule has 4 rings (SSSR count).